The quantitative estimate of drug-likeness (QED) is 0.615. The van der Waals surface area contributed by atoms with E-state index < -0.39 is 0 Å². The van der Waals surface area contributed by atoms with Gasteiger partial charge in [0.2, 0.25) is 0 Å². The van der Waals surface area contributed by atoms with Crippen LogP contribution in [0.1, 0.15) is 22.9 Å². The molecule has 16 heavy (non-hydrogen) atoms. The summed E-state index contributed by atoms with van der Waals surface area (Å²) < 4.78 is 0. The van der Waals surface area contributed by atoms with E-state index in [1.165, 1.54) is 10.4 Å². The number of aryl methyl sites for hydroxylation is 1. The molecule has 2 aromatic rings. The van der Waals surface area contributed by atoms with Crippen LogP contribution in [0.3, 0.4) is 0 Å². The first kappa shape index (κ1) is 11.3. The lowest BCUT2D eigenvalue weighted by molar-refractivity contribution is 0.523. The average Bonchev–Trinajstić information content (AvgIpc) is 2.85. The number of nitrogens with two attached hydrogens (primary N) is 1. The maximum atomic E-state index is 5.56. The van der Waals surface area contributed by atoms with Crippen LogP contribution in [0.5, 0.6) is 0 Å². The summed E-state index contributed by atoms with van der Waals surface area (Å²) in [4.78, 5) is 5.26. The highest BCUT2D eigenvalue weighted by atomic mass is 32.1. The number of nitrogens with zero attached hydrogens (tertiary/aromatic N) is 1. The van der Waals surface area contributed by atoms with Crippen LogP contribution in [-0.4, -0.2) is 4.98 Å². The molecule has 84 valence electrons. The van der Waals surface area contributed by atoms with Crippen LogP contribution in [0, 0.1) is 0 Å². The second-order valence-electron chi connectivity index (χ2n) is 3.65. The SMILES string of the molecule is NNC(CCc1ccccc1)c1cncs1. The van der Waals surface area contributed by atoms with E-state index >= 15 is 0 Å². The molecule has 0 aliphatic heterocycles. The van der Waals surface area contributed by atoms with Crippen molar-refractivity contribution < 1.29 is 0 Å². The largest absolute Gasteiger partial charge is 0.271 e. The summed E-state index contributed by atoms with van der Waals surface area (Å²) in [6.45, 7) is 0. The molecule has 0 aliphatic carbocycles. The van der Waals surface area contributed by atoms with Gasteiger partial charge in [-0.2, -0.15) is 0 Å². The number of hydrazine groups is 1. The summed E-state index contributed by atoms with van der Waals surface area (Å²) >= 11 is 1.64. The molecule has 2 rings (SSSR count). The van der Waals surface area contributed by atoms with Crippen molar-refractivity contribution in [3.8, 4) is 0 Å². The van der Waals surface area contributed by atoms with Crippen molar-refractivity contribution in [1.82, 2.24) is 10.4 Å². The molecule has 3 N–H and O–H groups in total. The summed E-state index contributed by atoms with van der Waals surface area (Å²) in [5.74, 6) is 5.56. The van der Waals surface area contributed by atoms with Crippen molar-refractivity contribution in [3.05, 3.63) is 52.5 Å². The standard InChI is InChI=1S/C12H15N3S/c13-15-11(12-8-14-9-16-12)7-6-10-4-2-1-3-5-10/h1-5,8-9,11,15H,6-7,13H2. The fourth-order valence-corrected chi connectivity index (χ4v) is 2.38. The molecule has 1 atom stereocenters. The molecule has 0 bridgehead atoms. The zero-order valence-corrected chi connectivity index (χ0v) is 9.78. The minimum absolute atomic E-state index is 0.202. The van der Waals surface area contributed by atoms with Crippen molar-refractivity contribution in [3.63, 3.8) is 0 Å². The molecule has 4 heteroatoms. The molecule has 0 amide bonds. The van der Waals surface area contributed by atoms with E-state index in [9.17, 15) is 0 Å². The Morgan fingerprint density at radius 1 is 1.31 bits per heavy atom. The van der Waals surface area contributed by atoms with E-state index in [1.807, 2.05) is 17.8 Å². The minimum atomic E-state index is 0.202. The van der Waals surface area contributed by atoms with Gasteiger partial charge in [-0.25, -0.2) is 0 Å². The predicted molar refractivity (Wildman–Crippen MR) is 66.9 cm³/mol. The van der Waals surface area contributed by atoms with Crippen LogP contribution in [-0.2, 0) is 6.42 Å². The molecule has 0 saturated carbocycles. The number of hydrogen-bond acceptors (Lipinski definition) is 4. The Hall–Kier alpha value is -1.23. The molecular weight excluding hydrogens is 218 g/mol. The summed E-state index contributed by atoms with van der Waals surface area (Å²) in [6, 6.07) is 10.6. The number of rotatable bonds is 5. The lowest BCUT2D eigenvalue weighted by atomic mass is 10.1. The maximum Gasteiger partial charge on any atom is 0.0794 e. The first-order valence-corrected chi connectivity index (χ1v) is 6.16. The number of thiazole rings is 1. The lowest BCUT2D eigenvalue weighted by Crippen LogP contribution is -2.27. The number of nitrogens with one attached hydrogen (secondary N) is 1. The van der Waals surface area contributed by atoms with Gasteiger partial charge in [0.15, 0.2) is 0 Å². The molecule has 0 spiro atoms. The van der Waals surface area contributed by atoms with E-state index in [4.69, 9.17) is 5.84 Å². The second kappa shape index (κ2) is 5.75. The fraction of sp³-hybridized carbons (Fsp3) is 0.250. The van der Waals surface area contributed by atoms with E-state index in [1.54, 1.807) is 11.3 Å². The van der Waals surface area contributed by atoms with Gasteiger partial charge < -0.3 is 0 Å². The van der Waals surface area contributed by atoms with Crippen molar-refractivity contribution >= 4 is 11.3 Å². The minimum Gasteiger partial charge on any atom is -0.271 e. The predicted octanol–water partition coefficient (Wildman–Crippen LogP) is 2.28. The van der Waals surface area contributed by atoms with Gasteiger partial charge in [-0.3, -0.25) is 16.3 Å². The molecule has 1 unspecified atom stereocenters. The monoisotopic (exact) mass is 233 g/mol. The zero-order valence-electron chi connectivity index (χ0n) is 8.97. The molecule has 0 radical (unpaired) electrons. The van der Waals surface area contributed by atoms with Crippen molar-refractivity contribution in [1.29, 1.82) is 0 Å². The van der Waals surface area contributed by atoms with Gasteiger partial charge in [0, 0.05) is 11.1 Å². The van der Waals surface area contributed by atoms with Crippen LogP contribution < -0.4 is 11.3 Å². The molecule has 0 saturated heterocycles. The first-order valence-electron chi connectivity index (χ1n) is 5.28. The Balaban J connectivity index is 1.94. The van der Waals surface area contributed by atoms with Gasteiger partial charge in [-0.05, 0) is 18.4 Å². The van der Waals surface area contributed by atoms with E-state index in [-0.39, 0.29) is 6.04 Å². The van der Waals surface area contributed by atoms with Gasteiger partial charge in [-0.1, -0.05) is 30.3 Å². The Bertz CT molecular complexity index is 399. The molecule has 1 aromatic heterocycles. The summed E-state index contributed by atoms with van der Waals surface area (Å²) in [5.41, 5.74) is 6.02. The fourth-order valence-electron chi connectivity index (χ4n) is 1.66. The number of aromatic nitrogens is 1. The number of hydrogen-bond donors (Lipinski definition) is 2. The Morgan fingerprint density at radius 3 is 2.75 bits per heavy atom. The van der Waals surface area contributed by atoms with Crippen LogP contribution in [0.4, 0.5) is 0 Å². The molecular formula is C12H15N3S. The highest BCUT2D eigenvalue weighted by Crippen LogP contribution is 2.21. The third kappa shape index (κ3) is 2.88. The number of benzene rings is 1. The van der Waals surface area contributed by atoms with Crippen LogP contribution in [0.25, 0.3) is 0 Å². The average molecular weight is 233 g/mol. The van der Waals surface area contributed by atoms with Crippen molar-refractivity contribution in [2.75, 3.05) is 0 Å². The van der Waals surface area contributed by atoms with E-state index in [2.05, 4.69) is 34.7 Å². The third-order valence-corrected chi connectivity index (χ3v) is 3.45. The lowest BCUT2D eigenvalue weighted by Gasteiger charge is -2.13. The van der Waals surface area contributed by atoms with Gasteiger partial charge >= 0.3 is 0 Å². The second-order valence-corrected chi connectivity index (χ2v) is 4.57. The third-order valence-electron chi connectivity index (χ3n) is 2.56. The van der Waals surface area contributed by atoms with Gasteiger partial charge in [0.05, 0.1) is 11.6 Å². The summed E-state index contributed by atoms with van der Waals surface area (Å²) in [6.07, 6.45) is 3.89. The molecule has 0 fully saturated rings. The van der Waals surface area contributed by atoms with Crippen molar-refractivity contribution in [2.45, 2.75) is 18.9 Å². The van der Waals surface area contributed by atoms with Gasteiger partial charge in [0.1, 0.15) is 0 Å². The van der Waals surface area contributed by atoms with Crippen LogP contribution in [0.15, 0.2) is 42.0 Å². The maximum absolute atomic E-state index is 5.56. The van der Waals surface area contributed by atoms with E-state index in [0.717, 1.165) is 12.8 Å². The highest BCUT2D eigenvalue weighted by molar-refractivity contribution is 7.09. The normalized spacial score (nSPS) is 12.6. The van der Waals surface area contributed by atoms with Crippen LogP contribution in [0.2, 0.25) is 0 Å². The highest BCUT2D eigenvalue weighted by Gasteiger charge is 2.10. The Kier molecular flexibility index (Phi) is 4.04. The first-order chi connectivity index (χ1) is 7.90. The Labute approximate surface area is 99.3 Å². The van der Waals surface area contributed by atoms with Crippen molar-refractivity contribution in [2.24, 2.45) is 5.84 Å². The smallest absolute Gasteiger partial charge is 0.0794 e. The molecule has 1 aromatic carbocycles. The molecule has 1 heterocycles. The van der Waals surface area contributed by atoms with Gasteiger partial charge in [0.25, 0.3) is 0 Å². The Morgan fingerprint density at radius 2 is 2.12 bits per heavy atom. The summed E-state index contributed by atoms with van der Waals surface area (Å²) in [5, 5.41) is 0. The molecule has 3 nitrogen and oxygen atoms in total. The van der Waals surface area contributed by atoms with Gasteiger partial charge in [-0.15, -0.1) is 11.3 Å². The topological polar surface area (TPSA) is 50.9 Å². The molecule has 0 aliphatic rings. The van der Waals surface area contributed by atoms with E-state index in [0.29, 0.717) is 0 Å². The summed E-state index contributed by atoms with van der Waals surface area (Å²) in [7, 11) is 0. The zero-order chi connectivity index (χ0) is 11.2. The van der Waals surface area contributed by atoms with Crippen LogP contribution >= 0.6 is 11.3 Å².